The Morgan fingerprint density at radius 1 is 0.778 bits per heavy atom. The number of para-hydroxylation sites is 1. The zero-order chi connectivity index (χ0) is 26.2. The lowest BCUT2D eigenvalue weighted by Gasteiger charge is -2.27. The summed E-state index contributed by atoms with van der Waals surface area (Å²) in [6.07, 6.45) is 3.41. The highest BCUT2D eigenvalue weighted by Gasteiger charge is 2.21. The lowest BCUT2D eigenvalue weighted by atomic mass is 9.93. The number of urea groups is 1. The molecule has 0 saturated heterocycles. The lowest BCUT2D eigenvalue weighted by molar-refractivity contribution is 0.256. The van der Waals surface area contributed by atoms with Crippen molar-refractivity contribution in [3.8, 4) is 0 Å². The number of hydrogen-bond donors (Lipinski definition) is 1. The van der Waals surface area contributed by atoms with Crippen molar-refractivity contribution in [2.24, 2.45) is 0 Å². The van der Waals surface area contributed by atoms with Crippen molar-refractivity contribution in [2.75, 3.05) is 29.2 Å². The van der Waals surface area contributed by atoms with Gasteiger partial charge in [0.1, 0.15) is 0 Å². The fourth-order valence-corrected chi connectivity index (χ4v) is 4.46. The molecule has 0 aliphatic heterocycles. The van der Waals surface area contributed by atoms with E-state index in [0.717, 1.165) is 29.0 Å². The topological polar surface area (TPSA) is 35.6 Å². The molecule has 0 unspecified atom stereocenters. The summed E-state index contributed by atoms with van der Waals surface area (Å²) in [5, 5.41) is 3.32. The molecule has 0 aromatic heterocycles. The fraction of sp³-hybridized carbons (Fsp3) is 0.406. The number of benzene rings is 3. The smallest absolute Gasteiger partial charge is 0.326 e. The van der Waals surface area contributed by atoms with Gasteiger partial charge in [0.2, 0.25) is 0 Å². The van der Waals surface area contributed by atoms with Gasteiger partial charge in [-0.15, -0.1) is 0 Å². The summed E-state index contributed by atoms with van der Waals surface area (Å²) < 4.78 is 0. The van der Waals surface area contributed by atoms with E-state index in [9.17, 15) is 4.79 Å². The summed E-state index contributed by atoms with van der Waals surface area (Å²) in [6.45, 7) is 11.4. The van der Waals surface area contributed by atoms with Crippen molar-refractivity contribution in [1.29, 1.82) is 0 Å². The van der Waals surface area contributed by atoms with Crippen molar-refractivity contribution in [3.63, 3.8) is 0 Å². The SMILES string of the molecule is CCCCc1ccc(N(Cc2ccc(N(C)C)cc2)C(=O)Nc2c(C(C)C)cccc2C(C)C)cc1. The average Bonchev–Trinajstić information content (AvgIpc) is 2.86. The fourth-order valence-electron chi connectivity index (χ4n) is 4.46. The molecule has 192 valence electrons. The summed E-state index contributed by atoms with van der Waals surface area (Å²) in [5.74, 6) is 0.618. The van der Waals surface area contributed by atoms with E-state index < -0.39 is 0 Å². The van der Waals surface area contributed by atoms with Gasteiger partial charge in [-0.3, -0.25) is 4.90 Å². The Bertz CT molecular complexity index is 1090. The molecule has 0 saturated carbocycles. The Morgan fingerprint density at radius 2 is 1.31 bits per heavy atom. The second-order valence-electron chi connectivity index (χ2n) is 10.5. The third kappa shape index (κ3) is 6.90. The number of unbranched alkanes of at least 4 members (excludes halogenated alkanes) is 1. The van der Waals surface area contributed by atoms with Crippen LogP contribution in [0.2, 0.25) is 0 Å². The molecule has 1 N–H and O–H groups in total. The third-order valence-electron chi connectivity index (χ3n) is 6.71. The van der Waals surface area contributed by atoms with Gasteiger partial charge >= 0.3 is 6.03 Å². The van der Waals surface area contributed by atoms with Gasteiger partial charge in [-0.25, -0.2) is 4.79 Å². The second-order valence-corrected chi connectivity index (χ2v) is 10.5. The van der Waals surface area contributed by atoms with Crippen LogP contribution in [0.1, 0.15) is 81.5 Å². The van der Waals surface area contributed by atoms with Crippen LogP contribution in [-0.4, -0.2) is 20.1 Å². The van der Waals surface area contributed by atoms with Crippen molar-refractivity contribution in [1.82, 2.24) is 0 Å². The summed E-state index contributed by atoms with van der Waals surface area (Å²) >= 11 is 0. The van der Waals surface area contributed by atoms with E-state index in [-0.39, 0.29) is 6.03 Å². The third-order valence-corrected chi connectivity index (χ3v) is 6.71. The lowest BCUT2D eigenvalue weighted by Crippen LogP contribution is -2.35. The molecule has 3 aromatic rings. The van der Waals surface area contributed by atoms with E-state index in [0.29, 0.717) is 18.4 Å². The second kappa shape index (κ2) is 12.6. The number of nitrogens with one attached hydrogen (secondary N) is 1. The molecular weight excluding hydrogens is 442 g/mol. The molecule has 36 heavy (non-hydrogen) atoms. The average molecular weight is 486 g/mol. The Labute approximate surface area is 218 Å². The highest BCUT2D eigenvalue weighted by atomic mass is 16.2. The summed E-state index contributed by atoms with van der Waals surface area (Å²) in [4.78, 5) is 17.8. The van der Waals surface area contributed by atoms with Crippen molar-refractivity contribution in [2.45, 2.75) is 72.3 Å². The maximum absolute atomic E-state index is 13.9. The van der Waals surface area contributed by atoms with Crippen molar-refractivity contribution < 1.29 is 4.79 Å². The van der Waals surface area contributed by atoms with Crippen LogP contribution in [0.15, 0.2) is 66.7 Å². The first kappa shape index (κ1) is 27.3. The Balaban J connectivity index is 1.96. The molecule has 2 amide bonds. The van der Waals surface area contributed by atoms with Gasteiger partial charge in [0.15, 0.2) is 0 Å². The van der Waals surface area contributed by atoms with Gasteiger partial charge in [-0.05, 0) is 71.2 Å². The number of nitrogens with zero attached hydrogens (tertiary/aromatic N) is 2. The van der Waals surface area contributed by atoms with Crippen LogP contribution in [0.5, 0.6) is 0 Å². The van der Waals surface area contributed by atoms with E-state index in [1.165, 1.54) is 29.5 Å². The maximum atomic E-state index is 13.9. The molecule has 0 radical (unpaired) electrons. The van der Waals surface area contributed by atoms with Crippen LogP contribution < -0.4 is 15.1 Å². The Kier molecular flexibility index (Phi) is 9.58. The van der Waals surface area contributed by atoms with Crippen LogP contribution >= 0.6 is 0 Å². The number of hydrogen-bond acceptors (Lipinski definition) is 2. The minimum Gasteiger partial charge on any atom is -0.378 e. The predicted molar refractivity (Wildman–Crippen MR) is 156 cm³/mol. The maximum Gasteiger partial charge on any atom is 0.326 e. The number of carbonyl (C=O) groups excluding carboxylic acids is 1. The number of aryl methyl sites for hydroxylation is 1. The van der Waals surface area contributed by atoms with Crippen LogP contribution in [0.3, 0.4) is 0 Å². The van der Waals surface area contributed by atoms with E-state index in [1.54, 1.807) is 0 Å². The van der Waals surface area contributed by atoms with Crippen molar-refractivity contribution >= 4 is 23.1 Å². The molecule has 0 heterocycles. The number of amides is 2. The quantitative estimate of drug-likeness (QED) is 0.312. The number of rotatable bonds is 10. The van der Waals surface area contributed by atoms with Crippen LogP contribution in [0.4, 0.5) is 21.9 Å². The van der Waals surface area contributed by atoms with Crippen LogP contribution in [0, 0.1) is 0 Å². The van der Waals surface area contributed by atoms with Gasteiger partial charge < -0.3 is 10.2 Å². The van der Waals surface area contributed by atoms with Gasteiger partial charge in [0.25, 0.3) is 0 Å². The van der Waals surface area contributed by atoms with Gasteiger partial charge in [0.05, 0.1) is 6.54 Å². The molecule has 0 aliphatic carbocycles. The molecule has 0 atom stereocenters. The molecule has 0 bridgehead atoms. The highest BCUT2D eigenvalue weighted by molar-refractivity contribution is 6.02. The Morgan fingerprint density at radius 3 is 1.81 bits per heavy atom. The van der Waals surface area contributed by atoms with E-state index in [4.69, 9.17) is 0 Å². The zero-order valence-electron chi connectivity index (χ0n) is 23.1. The molecule has 3 rings (SSSR count). The molecule has 3 aromatic carbocycles. The Hall–Kier alpha value is -3.27. The monoisotopic (exact) mass is 485 g/mol. The van der Waals surface area contributed by atoms with E-state index in [1.807, 2.05) is 19.0 Å². The zero-order valence-corrected chi connectivity index (χ0v) is 23.1. The highest BCUT2D eigenvalue weighted by Crippen LogP contribution is 2.33. The molecule has 0 aliphatic rings. The predicted octanol–water partition coefficient (Wildman–Crippen LogP) is 8.58. The first-order chi connectivity index (χ1) is 17.2. The minimum absolute atomic E-state index is 0.108. The first-order valence-corrected chi connectivity index (χ1v) is 13.3. The number of anilines is 3. The molecule has 4 heteroatoms. The van der Waals surface area contributed by atoms with E-state index >= 15 is 0 Å². The van der Waals surface area contributed by atoms with Gasteiger partial charge in [-0.1, -0.05) is 83.5 Å². The van der Waals surface area contributed by atoms with Crippen LogP contribution in [0.25, 0.3) is 0 Å². The summed E-state index contributed by atoms with van der Waals surface area (Å²) in [6, 6.07) is 23.1. The van der Waals surface area contributed by atoms with Gasteiger partial charge in [0, 0.05) is 31.2 Å². The van der Waals surface area contributed by atoms with Crippen LogP contribution in [-0.2, 0) is 13.0 Å². The molecule has 0 fully saturated rings. The van der Waals surface area contributed by atoms with Gasteiger partial charge in [-0.2, -0.15) is 0 Å². The normalized spacial score (nSPS) is 11.1. The van der Waals surface area contributed by atoms with Crippen molar-refractivity contribution in [3.05, 3.63) is 89.0 Å². The largest absolute Gasteiger partial charge is 0.378 e. The minimum atomic E-state index is -0.108. The summed E-state index contributed by atoms with van der Waals surface area (Å²) in [5.41, 5.74) is 7.72. The van der Waals surface area contributed by atoms with E-state index in [2.05, 4.69) is 112 Å². The summed E-state index contributed by atoms with van der Waals surface area (Å²) in [7, 11) is 4.07. The molecule has 0 spiro atoms. The molecular formula is C32H43N3O. The standard InChI is InChI=1S/C32H43N3O/c1-8-9-11-25-14-20-28(21-15-25)35(22-26-16-18-27(19-17-26)34(6)7)32(36)33-31-29(23(2)3)12-10-13-30(31)24(4)5/h10,12-21,23-24H,8-9,11,22H2,1-7H3,(H,33,36). The number of carbonyl (C=O) groups is 1. The molecule has 4 nitrogen and oxygen atoms in total. The first-order valence-electron chi connectivity index (χ1n) is 13.3.